The fourth-order valence-corrected chi connectivity index (χ4v) is 1.64. The van der Waals surface area contributed by atoms with E-state index in [9.17, 15) is 18.0 Å². The lowest BCUT2D eigenvalue weighted by Gasteiger charge is -2.12. The Morgan fingerprint density at radius 1 is 1.38 bits per heavy atom. The number of hydrogen-bond donors (Lipinski definition) is 0. The van der Waals surface area contributed by atoms with Gasteiger partial charge in [-0.15, -0.1) is 0 Å². The molecular formula is C10H7Cl2F3O. The Bertz CT molecular complexity index is 415. The molecule has 0 fully saturated rings. The van der Waals surface area contributed by atoms with Crippen LogP contribution in [-0.2, 0) is 11.0 Å². The van der Waals surface area contributed by atoms with Gasteiger partial charge in [-0.25, -0.2) is 0 Å². The van der Waals surface area contributed by atoms with Gasteiger partial charge < -0.3 is 0 Å². The zero-order valence-corrected chi connectivity index (χ0v) is 9.62. The van der Waals surface area contributed by atoms with Crippen LogP contribution in [0.5, 0.6) is 0 Å². The van der Waals surface area contributed by atoms with Gasteiger partial charge in [0.05, 0.1) is 11.5 Å². The van der Waals surface area contributed by atoms with E-state index in [1.165, 1.54) is 6.92 Å². The highest BCUT2D eigenvalue weighted by atomic mass is 35.5. The molecule has 1 aromatic carbocycles. The smallest absolute Gasteiger partial charge is 0.281 e. The molecule has 0 spiro atoms. The Labute approximate surface area is 100 Å². The molecule has 0 aromatic heterocycles. The molecule has 6 heteroatoms. The van der Waals surface area contributed by atoms with Gasteiger partial charge in [-0.3, -0.25) is 4.79 Å². The largest absolute Gasteiger partial charge is 0.416 e. The number of halogens is 5. The van der Waals surface area contributed by atoms with Crippen LogP contribution in [0.15, 0.2) is 18.2 Å². The van der Waals surface area contributed by atoms with Crippen LogP contribution < -0.4 is 0 Å². The van der Waals surface area contributed by atoms with E-state index in [1.54, 1.807) is 0 Å². The zero-order valence-electron chi connectivity index (χ0n) is 8.11. The quantitative estimate of drug-likeness (QED) is 0.736. The topological polar surface area (TPSA) is 17.1 Å². The molecule has 0 bridgehead atoms. The second kappa shape index (κ2) is 4.63. The Kier molecular flexibility index (Phi) is 3.86. The molecule has 0 aliphatic heterocycles. The molecule has 0 N–H and O–H groups in total. The maximum atomic E-state index is 12.3. The van der Waals surface area contributed by atoms with Crippen LogP contribution in [0.25, 0.3) is 0 Å². The molecule has 16 heavy (non-hydrogen) atoms. The maximum absolute atomic E-state index is 12.3. The minimum absolute atomic E-state index is 0.115. The Morgan fingerprint density at radius 3 is 2.31 bits per heavy atom. The summed E-state index contributed by atoms with van der Waals surface area (Å²) in [5, 5.41) is -0.780. The van der Waals surface area contributed by atoms with Crippen molar-refractivity contribution in [3.63, 3.8) is 0 Å². The van der Waals surface area contributed by atoms with Crippen LogP contribution in [0.4, 0.5) is 13.2 Å². The summed E-state index contributed by atoms with van der Waals surface area (Å²) in [7, 11) is 0. The second-order valence-electron chi connectivity index (χ2n) is 3.26. The molecule has 1 aromatic rings. The molecule has 0 aliphatic carbocycles. The van der Waals surface area contributed by atoms with Gasteiger partial charge in [-0.1, -0.05) is 24.6 Å². The first kappa shape index (κ1) is 13.3. The number of rotatable bonds is 2. The van der Waals surface area contributed by atoms with Gasteiger partial charge in [-0.05, 0) is 29.3 Å². The molecule has 1 atom stereocenters. The molecule has 1 rings (SSSR count). The highest BCUT2D eigenvalue weighted by Gasteiger charge is 2.31. The lowest BCUT2D eigenvalue weighted by Crippen LogP contribution is -2.07. The van der Waals surface area contributed by atoms with Crippen molar-refractivity contribution in [1.29, 1.82) is 0 Å². The summed E-state index contributed by atoms with van der Waals surface area (Å²) in [5.41, 5.74) is -0.565. The third-order valence-electron chi connectivity index (χ3n) is 2.13. The first-order valence-corrected chi connectivity index (χ1v) is 5.05. The van der Waals surface area contributed by atoms with Crippen LogP contribution >= 0.6 is 23.2 Å². The summed E-state index contributed by atoms with van der Waals surface area (Å²) in [4.78, 5) is 10.9. The van der Waals surface area contributed by atoms with E-state index in [0.717, 1.165) is 18.2 Å². The average Bonchev–Trinajstić information content (AvgIpc) is 2.15. The van der Waals surface area contributed by atoms with Crippen LogP contribution in [-0.4, -0.2) is 5.24 Å². The van der Waals surface area contributed by atoms with Gasteiger partial charge in [0, 0.05) is 5.02 Å². The molecule has 0 saturated carbocycles. The van der Waals surface area contributed by atoms with Crippen molar-refractivity contribution < 1.29 is 18.0 Å². The number of alkyl halides is 3. The van der Waals surface area contributed by atoms with E-state index in [4.69, 9.17) is 23.2 Å². The van der Waals surface area contributed by atoms with Crippen LogP contribution in [0.2, 0.25) is 5.02 Å². The van der Waals surface area contributed by atoms with Gasteiger partial charge in [-0.2, -0.15) is 13.2 Å². The summed E-state index contributed by atoms with van der Waals surface area (Å²) >= 11 is 10.9. The van der Waals surface area contributed by atoms with Gasteiger partial charge in [0.25, 0.3) is 0 Å². The Hall–Kier alpha value is -0.740. The monoisotopic (exact) mass is 270 g/mol. The summed E-state index contributed by atoms with van der Waals surface area (Å²) in [6.07, 6.45) is -4.45. The van der Waals surface area contributed by atoms with Crippen molar-refractivity contribution >= 4 is 28.4 Å². The predicted molar refractivity (Wildman–Crippen MR) is 55.7 cm³/mol. The number of carbonyl (C=O) groups is 1. The van der Waals surface area contributed by atoms with Crippen LogP contribution in [0.1, 0.15) is 24.0 Å². The fourth-order valence-electron chi connectivity index (χ4n) is 1.18. The van der Waals surface area contributed by atoms with E-state index in [1.807, 2.05) is 0 Å². The van der Waals surface area contributed by atoms with Gasteiger partial charge >= 0.3 is 6.18 Å². The van der Waals surface area contributed by atoms with Crippen LogP contribution in [0, 0.1) is 0 Å². The highest BCUT2D eigenvalue weighted by Crippen LogP contribution is 2.34. The van der Waals surface area contributed by atoms with Gasteiger partial charge in [0.2, 0.25) is 5.24 Å². The highest BCUT2D eigenvalue weighted by molar-refractivity contribution is 6.64. The van der Waals surface area contributed by atoms with Gasteiger partial charge in [0.1, 0.15) is 0 Å². The SMILES string of the molecule is CC(C(=O)Cl)c1ccc(C(F)(F)F)cc1Cl. The molecule has 0 amide bonds. The first-order chi connectivity index (χ1) is 7.23. The second-order valence-corrected chi connectivity index (χ2v) is 4.04. The lowest BCUT2D eigenvalue weighted by molar-refractivity contribution is -0.137. The van der Waals surface area contributed by atoms with Crippen LogP contribution in [0.3, 0.4) is 0 Å². The predicted octanol–water partition coefficient (Wildman–Crippen LogP) is 4.23. The number of hydrogen-bond acceptors (Lipinski definition) is 1. The minimum atomic E-state index is -4.45. The normalized spacial score (nSPS) is 13.6. The average molecular weight is 271 g/mol. The summed E-state index contributed by atoms with van der Waals surface area (Å²) in [6, 6.07) is 2.82. The number of carbonyl (C=O) groups excluding carboxylic acids is 1. The standard InChI is InChI=1S/C10H7Cl2F3O/c1-5(9(12)16)7-3-2-6(4-8(7)11)10(13,14)15/h2-5H,1H3. The molecule has 0 heterocycles. The lowest BCUT2D eigenvalue weighted by atomic mass is 10.0. The summed E-state index contributed by atoms with van der Waals surface area (Å²) in [5.74, 6) is -0.726. The third-order valence-corrected chi connectivity index (χ3v) is 2.79. The Morgan fingerprint density at radius 2 is 1.94 bits per heavy atom. The van der Waals surface area contributed by atoms with E-state index in [2.05, 4.69) is 0 Å². The van der Waals surface area contributed by atoms with E-state index < -0.39 is 22.9 Å². The van der Waals surface area contributed by atoms with Crippen molar-refractivity contribution in [1.82, 2.24) is 0 Å². The summed E-state index contributed by atoms with van der Waals surface area (Å²) in [6.45, 7) is 1.48. The molecule has 1 unspecified atom stereocenters. The molecule has 0 radical (unpaired) electrons. The number of benzene rings is 1. The molecule has 88 valence electrons. The minimum Gasteiger partial charge on any atom is -0.281 e. The third kappa shape index (κ3) is 2.89. The first-order valence-electron chi connectivity index (χ1n) is 4.29. The van der Waals surface area contributed by atoms with Gasteiger partial charge in [0.15, 0.2) is 0 Å². The van der Waals surface area contributed by atoms with Crippen molar-refractivity contribution in [3.8, 4) is 0 Å². The van der Waals surface area contributed by atoms with E-state index >= 15 is 0 Å². The molecule has 0 saturated heterocycles. The van der Waals surface area contributed by atoms with E-state index in [0.29, 0.717) is 0 Å². The fraction of sp³-hybridized carbons (Fsp3) is 0.300. The Balaban J connectivity index is 3.15. The van der Waals surface area contributed by atoms with E-state index in [-0.39, 0.29) is 10.6 Å². The molecular weight excluding hydrogens is 264 g/mol. The van der Waals surface area contributed by atoms with Crippen molar-refractivity contribution in [2.75, 3.05) is 0 Å². The van der Waals surface area contributed by atoms with Crippen molar-refractivity contribution in [2.24, 2.45) is 0 Å². The summed E-state index contributed by atoms with van der Waals surface area (Å²) < 4.78 is 36.9. The maximum Gasteiger partial charge on any atom is 0.416 e. The zero-order chi connectivity index (χ0) is 12.5. The van der Waals surface area contributed by atoms with Crippen molar-refractivity contribution in [2.45, 2.75) is 19.0 Å². The van der Waals surface area contributed by atoms with Crippen molar-refractivity contribution in [3.05, 3.63) is 34.3 Å². The molecule has 1 nitrogen and oxygen atoms in total. The molecule has 0 aliphatic rings.